The van der Waals surface area contributed by atoms with Crippen LogP contribution in [0.5, 0.6) is 0 Å². The Balaban J connectivity index is 1.29. The topological polar surface area (TPSA) is 23.6 Å². The van der Waals surface area contributed by atoms with Gasteiger partial charge in [-0.25, -0.2) is 0 Å². The second kappa shape index (κ2) is 7.24. The molecule has 4 rings (SSSR count). The Labute approximate surface area is 149 Å². The number of nitrogens with zero attached hydrogens (tertiary/aromatic N) is 2. The normalized spacial score (nSPS) is 16.9. The van der Waals surface area contributed by atoms with Crippen molar-refractivity contribution in [3.63, 3.8) is 0 Å². The van der Waals surface area contributed by atoms with Gasteiger partial charge in [-0.1, -0.05) is 60.7 Å². The van der Waals surface area contributed by atoms with Crippen molar-refractivity contribution >= 4 is 12.0 Å². The molecule has 0 spiro atoms. The Bertz CT molecular complexity index is 774. The number of allylic oxidation sites excluding steroid dienone is 1. The van der Waals surface area contributed by atoms with Gasteiger partial charge in [0.25, 0.3) is 0 Å². The van der Waals surface area contributed by atoms with Crippen molar-refractivity contribution in [1.29, 1.82) is 0 Å². The number of hydrogen-bond donors (Lipinski definition) is 0. The molecule has 2 aromatic rings. The molecular formula is C22H24N2O. The minimum absolute atomic E-state index is 0.245. The molecule has 25 heavy (non-hydrogen) atoms. The lowest BCUT2D eigenvalue weighted by Gasteiger charge is -2.35. The van der Waals surface area contributed by atoms with Crippen molar-refractivity contribution in [1.82, 2.24) is 9.80 Å². The van der Waals surface area contributed by atoms with Crippen LogP contribution in [0, 0.1) is 0 Å². The van der Waals surface area contributed by atoms with E-state index in [0.29, 0.717) is 6.42 Å². The number of piperazine rings is 1. The third kappa shape index (κ3) is 3.83. The standard InChI is InChI=1S/C22H24N2O/c25-22(16-18-5-2-1-3-6-18)24-13-11-23(12-14-24)17-19-9-10-20-7-4-8-21(20)15-19/h1-7,9-10,15H,8,11-14,16-17H2. The van der Waals surface area contributed by atoms with Crippen LogP contribution in [0.25, 0.3) is 6.08 Å². The lowest BCUT2D eigenvalue weighted by molar-refractivity contribution is -0.132. The number of hydrogen-bond acceptors (Lipinski definition) is 2. The lowest BCUT2D eigenvalue weighted by atomic mass is 10.1. The average Bonchev–Trinajstić information content (AvgIpc) is 3.11. The number of rotatable bonds is 4. The van der Waals surface area contributed by atoms with E-state index in [9.17, 15) is 4.79 Å². The molecule has 3 nitrogen and oxygen atoms in total. The molecule has 2 aromatic carbocycles. The van der Waals surface area contributed by atoms with Gasteiger partial charge in [-0.05, 0) is 28.7 Å². The molecular weight excluding hydrogens is 308 g/mol. The summed E-state index contributed by atoms with van der Waals surface area (Å²) in [4.78, 5) is 16.9. The molecule has 1 saturated heterocycles. The van der Waals surface area contributed by atoms with Crippen molar-refractivity contribution in [2.24, 2.45) is 0 Å². The summed E-state index contributed by atoms with van der Waals surface area (Å²) in [5.41, 5.74) is 5.28. The van der Waals surface area contributed by atoms with Crippen molar-refractivity contribution < 1.29 is 4.79 Å². The number of fused-ring (bicyclic) bond motifs is 1. The number of benzene rings is 2. The van der Waals surface area contributed by atoms with E-state index in [2.05, 4.69) is 35.3 Å². The second-order valence-electron chi connectivity index (χ2n) is 6.96. The Kier molecular flexibility index (Phi) is 4.66. The highest BCUT2D eigenvalue weighted by molar-refractivity contribution is 5.78. The zero-order valence-corrected chi connectivity index (χ0v) is 14.5. The quantitative estimate of drug-likeness (QED) is 0.859. The Morgan fingerprint density at radius 1 is 0.920 bits per heavy atom. The average molecular weight is 332 g/mol. The number of carbonyl (C=O) groups is 1. The highest BCUT2D eigenvalue weighted by Gasteiger charge is 2.21. The predicted molar refractivity (Wildman–Crippen MR) is 101 cm³/mol. The Hall–Kier alpha value is -2.39. The first-order chi connectivity index (χ1) is 12.3. The number of carbonyl (C=O) groups excluding carboxylic acids is 1. The maximum atomic E-state index is 12.5. The molecule has 1 amide bonds. The molecule has 2 aliphatic rings. The molecule has 0 bridgehead atoms. The van der Waals surface area contributed by atoms with Crippen molar-refractivity contribution in [2.45, 2.75) is 19.4 Å². The molecule has 0 saturated carbocycles. The highest BCUT2D eigenvalue weighted by Crippen LogP contribution is 2.21. The van der Waals surface area contributed by atoms with Crippen molar-refractivity contribution in [3.8, 4) is 0 Å². The van der Waals surface area contributed by atoms with Crippen molar-refractivity contribution in [3.05, 3.63) is 76.9 Å². The summed E-state index contributed by atoms with van der Waals surface area (Å²) >= 11 is 0. The maximum absolute atomic E-state index is 12.5. The summed E-state index contributed by atoms with van der Waals surface area (Å²) < 4.78 is 0. The van der Waals surface area contributed by atoms with Gasteiger partial charge in [0.2, 0.25) is 5.91 Å². The summed E-state index contributed by atoms with van der Waals surface area (Å²) in [7, 11) is 0. The first-order valence-electron chi connectivity index (χ1n) is 9.10. The van der Waals surface area contributed by atoms with Crippen LogP contribution in [-0.2, 0) is 24.2 Å². The monoisotopic (exact) mass is 332 g/mol. The van der Waals surface area contributed by atoms with Gasteiger partial charge in [0.15, 0.2) is 0 Å². The molecule has 1 fully saturated rings. The van der Waals surface area contributed by atoms with Crippen LogP contribution in [0.15, 0.2) is 54.6 Å². The van der Waals surface area contributed by atoms with Crippen LogP contribution >= 0.6 is 0 Å². The van der Waals surface area contributed by atoms with Crippen LogP contribution < -0.4 is 0 Å². The lowest BCUT2D eigenvalue weighted by Crippen LogP contribution is -2.48. The van der Waals surface area contributed by atoms with E-state index in [-0.39, 0.29) is 5.91 Å². The molecule has 1 aliphatic heterocycles. The van der Waals surface area contributed by atoms with Gasteiger partial charge in [0.05, 0.1) is 6.42 Å². The van der Waals surface area contributed by atoms with E-state index < -0.39 is 0 Å². The molecule has 3 heteroatoms. The van der Waals surface area contributed by atoms with E-state index in [1.165, 1.54) is 16.7 Å². The minimum atomic E-state index is 0.245. The Morgan fingerprint density at radius 2 is 1.72 bits per heavy atom. The van der Waals surface area contributed by atoms with Gasteiger partial charge in [-0.2, -0.15) is 0 Å². The first-order valence-corrected chi connectivity index (χ1v) is 9.10. The number of amides is 1. The van der Waals surface area contributed by atoms with Gasteiger partial charge in [-0.15, -0.1) is 0 Å². The maximum Gasteiger partial charge on any atom is 0.227 e. The van der Waals surface area contributed by atoms with Crippen LogP contribution in [0.1, 0.15) is 22.3 Å². The molecule has 128 valence electrons. The van der Waals surface area contributed by atoms with E-state index in [4.69, 9.17) is 0 Å². The largest absolute Gasteiger partial charge is 0.340 e. The van der Waals surface area contributed by atoms with Crippen LogP contribution in [0.3, 0.4) is 0 Å². The fourth-order valence-electron chi connectivity index (χ4n) is 3.71. The summed E-state index contributed by atoms with van der Waals surface area (Å²) in [5.74, 6) is 0.245. The van der Waals surface area contributed by atoms with Crippen LogP contribution in [-0.4, -0.2) is 41.9 Å². The van der Waals surface area contributed by atoms with E-state index >= 15 is 0 Å². The molecule has 0 N–H and O–H groups in total. The first kappa shape index (κ1) is 16.1. The Morgan fingerprint density at radius 3 is 2.52 bits per heavy atom. The smallest absolute Gasteiger partial charge is 0.227 e. The van der Waals surface area contributed by atoms with Gasteiger partial charge in [-0.3, -0.25) is 9.69 Å². The molecule has 0 unspecified atom stereocenters. The summed E-state index contributed by atoms with van der Waals surface area (Å²) in [6, 6.07) is 16.8. The van der Waals surface area contributed by atoms with Gasteiger partial charge in [0, 0.05) is 32.7 Å². The van der Waals surface area contributed by atoms with Gasteiger partial charge >= 0.3 is 0 Å². The zero-order chi connectivity index (χ0) is 17.1. The summed E-state index contributed by atoms with van der Waals surface area (Å²) in [5, 5.41) is 0. The SMILES string of the molecule is O=C(Cc1ccccc1)N1CCN(Cc2ccc3c(c2)CC=C3)CC1. The van der Waals surface area contributed by atoms with Gasteiger partial charge < -0.3 is 4.90 Å². The van der Waals surface area contributed by atoms with Crippen molar-refractivity contribution in [2.75, 3.05) is 26.2 Å². The van der Waals surface area contributed by atoms with E-state index in [1.54, 1.807) is 0 Å². The summed E-state index contributed by atoms with van der Waals surface area (Å²) in [6.45, 7) is 4.55. The fourth-order valence-corrected chi connectivity index (χ4v) is 3.71. The van der Waals surface area contributed by atoms with E-state index in [0.717, 1.165) is 44.7 Å². The second-order valence-corrected chi connectivity index (χ2v) is 6.96. The molecule has 1 aliphatic carbocycles. The third-order valence-electron chi connectivity index (χ3n) is 5.17. The molecule has 0 aromatic heterocycles. The zero-order valence-electron chi connectivity index (χ0n) is 14.5. The third-order valence-corrected chi connectivity index (χ3v) is 5.17. The minimum Gasteiger partial charge on any atom is -0.340 e. The summed E-state index contributed by atoms with van der Waals surface area (Å²) in [6.07, 6.45) is 6.01. The van der Waals surface area contributed by atoms with Crippen LogP contribution in [0.4, 0.5) is 0 Å². The van der Waals surface area contributed by atoms with E-state index in [1.807, 2.05) is 35.2 Å². The molecule has 0 radical (unpaired) electrons. The molecule has 1 heterocycles. The highest BCUT2D eigenvalue weighted by atomic mass is 16.2. The predicted octanol–water partition coefficient (Wildman–Crippen LogP) is 3.14. The molecule has 0 atom stereocenters. The fraction of sp³-hybridized carbons (Fsp3) is 0.318. The van der Waals surface area contributed by atoms with Crippen LogP contribution in [0.2, 0.25) is 0 Å². The van der Waals surface area contributed by atoms with Gasteiger partial charge in [0.1, 0.15) is 0 Å².